The second-order valence-corrected chi connectivity index (χ2v) is 5.96. The van der Waals surface area contributed by atoms with E-state index in [-0.39, 0.29) is 17.9 Å². The Hall–Kier alpha value is -2.60. The summed E-state index contributed by atoms with van der Waals surface area (Å²) in [6.07, 6.45) is -1.22. The van der Waals surface area contributed by atoms with E-state index in [0.717, 1.165) is 5.56 Å². The van der Waals surface area contributed by atoms with Gasteiger partial charge in [-0.05, 0) is 30.7 Å². The van der Waals surface area contributed by atoms with Gasteiger partial charge in [0, 0.05) is 12.6 Å². The highest BCUT2D eigenvalue weighted by atomic mass is 19.1. The first-order chi connectivity index (χ1) is 12.1. The average molecular weight is 344 g/mol. The molecule has 0 spiro atoms. The van der Waals surface area contributed by atoms with Crippen LogP contribution in [0.1, 0.15) is 22.3 Å². The number of nitrogens with two attached hydrogens (primary N) is 1. The number of alkyl halides is 1. The Morgan fingerprint density at radius 3 is 2.76 bits per heavy atom. The Morgan fingerprint density at radius 1 is 1.24 bits per heavy atom. The molecule has 6 heteroatoms. The molecule has 5 nitrogen and oxygen atoms in total. The van der Waals surface area contributed by atoms with Crippen LogP contribution in [0.3, 0.4) is 0 Å². The Labute approximate surface area is 145 Å². The number of carbonyl (C=O) groups is 1. The molecule has 0 aliphatic carbocycles. The normalized spacial score (nSPS) is 20.0. The number of amides is 1. The number of benzene rings is 2. The fourth-order valence-electron chi connectivity index (χ4n) is 2.73. The minimum Gasteiger partial charge on any atom is -0.489 e. The fourth-order valence-corrected chi connectivity index (χ4v) is 2.73. The highest BCUT2D eigenvalue weighted by Crippen LogP contribution is 2.28. The molecule has 0 unspecified atom stereocenters. The molecule has 0 radical (unpaired) electrons. The van der Waals surface area contributed by atoms with Crippen LogP contribution in [0, 0.1) is 0 Å². The van der Waals surface area contributed by atoms with E-state index in [1.54, 1.807) is 18.2 Å². The number of hydrogen-bond donors (Lipinski definition) is 2. The van der Waals surface area contributed by atoms with Gasteiger partial charge in [-0.15, -0.1) is 0 Å². The Morgan fingerprint density at radius 2 is 2.04 bits per heavy atom. The maximum atomic E-state index is 14.0. The first-order valence-electron chi connectivity index (χ1n) is 8.25. The lowest BCUT2D eigenvalue weighted by molar-refractivity contribution is 0.0711. The maximum absolute atomic E-state index is 14.0. The van der Waals surface area contributed by atoms with Crippen LogP contribution in [0.2, 0.25) is 0 Å². The molecule has 2 atom stereocenters. The summed E-state index contributed by atoms with van der Waals surface area (Å²) in [6.45, 7) is 1.29. The van der Waals surface area contributed by atoms with Gasteiger partial charge in [0.25, 0.3) is 5.91 Å². The third-order valence-electron chi connectivity index (χ3n) is 4.09. The van der Waals surface area contributed by atoms with E-state index in [9.17, 15) is 9.18 Å². The summed E-state index contributed by atoms with van der Waals surface area (Å²) >= 11 is 0. The van der Waals surface area contributed by atoms with Crippen LogP contribution < -0.4 is 20.5 Å². The standard InChI is InChI=1S/C19H21FN2O3/c20-16-11-22-9-8-17(16)25-18-10-14(6-7-15(18)19(21)23)24-12-13-4-2-1-3-5-13/h1-7,10,16-17,22H,8-9,11-12H2,(H2,21,23)/t16-,17+/m0/s1. The molecule has 1 heterocycles. The molecule has 25 heavy (non-hydrogen) atoms. The van der Waals surface area contributed by atoms with Gasteiger partial charge >= 0.3 is 0 Å². The second-order valence-electron chi connectivity index (χ2n) is 5.96. The van der Waals surface area contributed by atoms with Crippen LogP contribution in [-0.4, -0.2) is 31.3 Å². The summed E-state index contributed by atoms with van der Waals surface area (Å²) < 4.78 is 25.5. The molecule has 0 saturated carbocycles. The highest BCUT2D eigenvalue weighted by molar-refractivity contribution is 5.95. The van der Waals surface area contributed by atoms with E-state index < -0.39 is 18.2 Å². The summed E-state index contributed by atoms with van der Waals surface area (Å²) in [5, 5.41) is 2.97. The molecule has 1 aliphatic heterocycles. The quantitative estimate of drug-likeness (QED) is 0.844. The minimum absolute atomic E-state index is 0.220. The number of carbonyl (C=O) groups excluding carboxylic acids is 1. The van der Waals surface area contributed by atoms with Crippen LogP contribution in [0.25, 0.3) is 0 Å². The largest absolute Gasteiger partial charge is 0.489 e. The van der Waals surface area contributed by atoms with Crippen molar-refractivity contribution in [3.05, 3.63) is 59.7 Å². The van der Waals surface area contributed by atoms with Gasteiger partial charge in [0.05, 0.1) is 5.56 Å². The van der Waals surface area contributed by atoms with E-state index in [0.29, 0.717) is 25.3 Å². The number of hydrogen-bond acceptors (Lipinski definition) is 4. The maximum Gasteiger partial charge on any atom is 0.252 e. The van der Waals surface area contributed by atoms with Crippen LogP contribution in [0.5, 0.6) is 11.5 Å². The topological polar surface area (TPSA) is 73.6 Å². The van der Waals surface area contributed by atoms with Gasteiger partial charge in [0.1, 0.15) is 30.4 Å². The van der Waals surface area contributed by atoms with Gasteiger partial charge in [0.2, 0.25) is 0 Å². The summed E-state index contributed by atoms with van der Waals surface area (Å²) in [4.78, 5) is 11.6. The SMILES string of the molecule is NC(=O)c1ccc(OCc2ccccc2)cc1O[C@@H]1CCNC[C@@H]1F. The molecular formula is C19H21FN2O3. The van der Waals surface area contributed by atoms with Crippen molar-refractivity contribution in [2.24, 2.45) is 5.73 Å². The molecule has 3 rings (SSSR count). The Balaban J connectivity index is 1.75. The molecule has 1 aliphatic rings. The van der Waals surface area contributed by atoms with Gasteiger partial charge in [-0.1, -0.05) is 30.3 Å². The average Bonchev–Trinajstić information content (AvgIpc) is 2.63. The number of primary amides is 1. The second kappa shape index (κ2) is 7.98. The van der Waals surface area contributed by atoms with Crippen LogP contribution >= 0.6 is 0 Å². The highest BCUT2D eigenvalue weighted by Gasteiger charge is 2.27. The molecule has 0 bridgehead atoms. The summed E-state index contributed by atoms with van der Waals surface area (Å²) in [6, 6.07) is 14.5. The van der Waals surface area contributed by atoms with E-state index >= 15 is 0 Å². The predicted octanol–water partition coefficient (Wildman–Crippen LogP) is 2.44. The van der Waals surface area contributed by atoms with Crippen molar-refractivity contribution in [3.8, 4) is 11.5 Å². The summed E-state index contributed by atoms with van der Waals surface area (Å²) in [7, 11) is 0. The van der Waals surface area contributed by atoms with Crippen molar-refractivity contribution < 1.29 is 18.7 Å². The lowest BCUT2D eigenvalue weighted by Gasteiger charge is -2.28. The van der Waals surface area contributed by atoms with E-state index in [4.69, 9.17) is 15.2 Å². The van der Waals surface area contributed by atoms with E-state index in [1.807, 2.05) is 30.3 Å². The molecule has 1 fully saturated rings. The van der Waals surface area contributed by atoms with E-state index in [2.05, 4.69) is 5.32 Å². The molecular weight excluding hydrogens is 323 g/mol. The molecule has 2 aromatic rings. The molecule has 1 saturated heterocycles. The predicted molar refractivity (Wildman–Crippen MR) is 92.5 cm³/mol. The van der Waals surface area contributed by atoms with Gasteiger partial charge in [-0.25, -0.2) is 4.39 Å². The number of nitrogens with one attached hydrogen (secondary N) is 1. The first-order valence-corrected chi connectivity index (χ1v) is 8.25. The minimum atomic E-state index is -1.14. The van der Waals surface area contributed by atoms with Crippen LogP contribution in [-0.2, 0) is 6.61 Å². The van der Waals surface area contributed by atoms with Crippen LogP contribution in [0.15, 0.2) is 48.5 Å². The van der Waals surface area contributed by atoms with Crippen molar-refractivity contribution in [2.45, 2.75) is 25.3 Å². The monoisotopic (exact) mass is 344 g/mol. The molecule has 132 valence electrons. The summed E-state index contributed by atoms with van der Waals surface area (Å²) in [5.41, 5.74) is 6.64. The molecule has 2 aromatic carbocycles. The van der Waals surface area contributed by atoms with Crippen molar-refractivity contribution in [2.75, 3.05) is 13.1 Å². The number of halogens is 1. The smallest absolute Gasteiger partial charge is 0.252 e. The van der Waals surface area contributed by atoms with Crippen molar-refractivity contribution in [3.63, 3.8) is 0 Å². The zero-order valence-electron chi connectivity index (χ0n) is 13.8. The van der Waals surface area contributed by atoms with Crippen LogP contribution in [0.4, 0.5) is 4.39 Å². The Kier molecular flexibility index (Phi) is 5.50. The number of ether oxygens (including phenoxy) is 2. The number of rotatable bonds is 6. The van der Waals surface area contributed by atoms with E-state index in [1.165, 1.54) is 0 Å². The third-order valence-corrected chi connectivity index (χ3v) is 4.09. The summed E-state index contributed by atoms with van der Waals surface area (Å²) in [5.74, 6) is 0.176. The molecule has 0 aromatic heterocycles. The van der Waals surface area contributed by atoms with Gasteiger partial charge in [-0.3, -0.25) is 4.79 Å². The van der Waals surface area contributed by atoms with Gasteiger partial charge < -0.3 is 20.5 Å². The fraction of sp³-hybridized carbons (Fsp3) is 0.316. The zero-order valence-corrected chi connectivity index (χ0v) is 13.8. The lowest BCUT2D eigenvalue weighted by Crippen LogP contribution is -2.44. The zero-order chi connectivity index (χ0) is 17.6. The Bertz CT molecular complexity index is 724. The third kappa shape index (κ3) is 4.48. The van der Waals surface area contributed by atoms with Crippen molar-refractivity contribution in [1.82, 2.24) is 5.32 Å². The first kappa shape index (κ1) is 17.2. The lowest BCUT2D eigenvalue weighted by atomic mass is 10.1. The number of piperidine rings is 1. The van der Waals surface area contributed by atoms with Crippen molar-refractivity contribution >= 4 is 5.91 Å². The van der Waals surface area contributed by atoms with Gasteiger partial charge in [-0.2, -0.15) is 0 Å². The molecule has 1 amide bonds. The van der Waals surface area contributed by atoms with Gasteiger partial charge in [0.15, 0.2) is 0 Å². The molecule has 3 N–H and O–H groups in total. The van der Waals surface area contributed by atoms with Crippen molar-refractivity contribution in [1.29, 1.82) is 0 Å².